The Bertz CT molecular complexity index is 1430. The first-order chi connectivity index (χ1) is 22.1. The molecule has 0 aromatic heterocycles. The molecule has 1 saturated heterocycles. The molecule has 1 aromatic rings. The van der Waals surface area contributed by atoms with Crippen LogP contribution in [0.2, 0.25) is 5.02 Å². The number of carboxylic acid groups (broad SMARTS) is 2. The van der Waals surface area contributed by atoms with Gasteiger partial charge in [-0.2, -0.15) is 26.3 Å². The van der Waals surface area contributed by atoms with Gasteiger partial charge in [0.05, 0.1) is 12.1 Å². The SMILES string of the molecule is O=C(NC1CCCCC1)c1nnc2n(Cc3ccc(Cl)cc3)c(N3CCCCCC3)ccc1-2.O=C(O)C(F)(F)F.O=C(O)C(F)(F)F. The van der Waals surface area contributed by atoms with Gasteiger partial charge in [0.25, 0.3) is 5.91 Å². The molecule has 0 spiro atoms. The maximum absolute atomic E-state index is 13.1. The quantitative estimate of drug-likeness (QED) is 0.249. The van der Waals surface area contributed by atoms with Crippen LogP contribution in [-0.4, -0.2) is 74.3 Å². The van der Waals surface area contributed by atoms with Gasteiger partial charge in [0.1, 0.15) is 5.82 Å². The topological polar surface area (TPSA) is 138 Å². The first-order valence-corrected chi connectivity index (χ1v) is 15.2. The van der Waals surface area contributed by atoms with Crippen molar-refractivity contribution in [2.24, 2.45) is 0 Å². The Morgan fingerprint density at radius 3 is 1.81 bits per heavy atom. The van der Waals surface area contributed by atoms with Gasteiger partial charge >= 0.3 is 24.3 Å². The van der Waals surface area contributed by atoms with Crippen molar-refractivity contribution in [3.8, 4) is 11.4 Å². The number of nitrogens with zero attached hydrogens (tertiary/aromatic N) is 4. The number of hydrogen-bond donors (Lipinski definition) is 3. The Hall–Kier alpha value is -4.08. The molecule has 1 saturated carbocycles. The van der Waals surface area contributed by atoms with Gasteiger partial charge in [-0.15, -0.1) is 10.2 Å². The van der Waals surface area contributed by atoms with Crippen LogP contribution < -0.4 is 10.2 Å². The summed E-state index contributed by atoms with van der Waals surface area (Å²) >= 11 is 6.12. The van der Waals surface area contributed by atoms with E-state index in [2.05, 4.69) is 31.0 Å². The first kappa shape index (κ1) is 37.4. The normalized spacial score (nSPS) is 15.9. The van der Waals surface area contributed by atoms with E-state index in [0.717, 1.165) is 53.7 Å². The van der Waals surface area contributed by atoms with Gasteiger partial charge in [-0.25, -0.2) is 9.59 Å². The van der Waals surface area contributed by atoms with Crippen LogP contribution in [0.1, 0.15) is 73.8 Å². The lowest BCUT2D eigenvalue weighted by molar-refractivity contribution is -0.193. The number of hydrogen-bond acceptors (Lipinski definition) is 6. The summed E-state index contributed by atoms with van der Waals surface area (Å²) in [6, 6.07) is 12.4. The molecule has 17 heteroatoms. The summed E-state index contributed by atoms with van der Waals surface area (Å²) in [6.45, 7) is 2.73. The van der Waals surface area contributed by atoms with Crippen LogP contribution in [0, 0.1) is 0 Å². The standard InChI is InChI=1S/C26H32ClN5O.2C2HF3O2/c27-20-12-10-19(11-13-20)18-32-23(31-16-6-1-2-7-17-31)15-14-22-24(29-30-25(22)32)26(33)28-21-8-4-3-5-9-21;2*3-2(4,5)1(6)7/h10-15,21H,1-9,16-18H2,(H,28,33);2*(H,6,7). The number of fused-ring (bicyclic) bond motifs is 1. The summed E-state index contributed by atoms with van der Waals surface area (Å²) in [7, 11) is 0. The van der Waals surface area contributed by atoms with Crippen LogP contribution in [0.25, 0.3) is 11.4 Å². The Morgan fingerprint density at radius 1 is 0.787 bits per heavy atom. The molecular formula is C30H34ClF6N5O5. The average molecular weight is 694 g/mol. The lowest BCUT2D eigenvalue weighted by Gasteiger charge is -2.28. The predicted molar refractivity (Wildman–Crippen MR) is 160 cm³/mol. The van der Waals surface area contributed by atoms with Crippen molar-refractivity contribution >= 4 is 35.3 Å². The molecule has 0 bridgehead atoms. The fourth-order valence-corrected chi connectivity index (χ4v) is 5.32. The molecule has 5 rings (SSSR count). The van der Waals surface area contributed by atoms with Crippen LogP contribution in [0.15, 0.2) is 36.4 Å². The second-order valence-electron chi connectivity index (χ2n) is 11.0. The van der Waals surface area contributed by atoms with E-state index in [1.165, 1.54) is 44.9 Å². The molecule has 0 unspecified atom stereocenters. The number of pyridine rings is 1. The number of rotatable bonds is 5. The lowest BCUT2D eigenvalue weighted by atomic mass is 9.95. The largest absolute Gasteiger partial charge is 0.490 e. The molecule has 1 aromatic carbocycles. The lowest BCUT2D eigenvalue weighted by Crippen LogP contribution is -2.36. The van der Waals surface area contributed by atoms with Gasteiger partial charge < -0.3 is 25.0 Å². The third kappa shape index (κ3) is 11.3. The zero-order valence-corrected chi connectivity index (χ0v) is 25.8. The third-order valence-corrected chi connectivity index (χ3v) is 7.75. The number of anilines is 1. The smallest absolute Gasteiger partial charge is 0.475 e. The number of nitrogens with one attached hydrogen (secondary N) is 1. The minimum Gasteiger partial charge on any atom is -0.475 e. The van der Waals surface area contributed by atoms with Crippen LogP contribution in [-0.2, 0) is 16.1 Å². The second-order valence-corrected chi connectivity index (χ2v) is 11.4. The maximum Gasteiger partial charge on any atom is 0.490 e. The molecule has 4 aliphatic rings. The highest BCUT2D eigenvalue weighted by Crippen LogP contribution is 2.32. The van der Waals surface area contributed by atoms with Crippen LogP contribution >= 0.6 is 11.6 Å². The molecule has 1 aliphatic carbocycles. The van der Waals surface area contributed by atoms with Gasteiger partial charge in [0.2, 0.25) is 0 Å². The minimum absolute atomic E-state index is 0.107. The van der Waals surface area contributed by atoms with Gasteiger partial charge in [-0.3, -0.25) is 4.79 Å². The Kier molecular flexibility index (Phi) is 13.2. The Morgan fingerprint density at radius 2 is 1.30 bits per heavy atom. The summed E-state index contributed by atoms with van der Waals surface area (Å²) in [5.74, 6) is -3.72. The van der Waals surface area contributed by atoms with Crippen molar-refractivity contribution in [1.82, 2.24) is 20.1 Å². The van der Waals surface area contributed by atoms with Gasteiger partial charge in [-0.1, -0.05) is 55.8 Å². The van der Waals surface area contributed by atoms with E-state index < -0.39 is 24.3 Å². The van der Waals surface area contributed by atoms with Crippen LogP contribution in [0.4, 0.5) is 32.2 Å². The van der Waals surface area contributed by atoms with Crippen LogP contribution in [0.3, 0.4) is 0 Å². The van der Waals surface area contributed by atoms with Crippen molar-refractivity contribution < 1.29 is 50.9 Å². The first-order valence-electron chi connectivity index (χ1n) is 14.8. The molecule has 2 fully saturated rings. The zero-order valence-electron chi connectivity index (χ0n) is 25.1. The van der Waals surface area contributed by atoms with E-state index in [-0.39, 0.29) is 11.9 Å². The summed E-state index contributed by atoms with van der Waals surface area (Å²) in [6.07, 6.45) is 0.490. The van der Waals surface area contributed by atoms with Crippen molar-refractivity contribution in [1.29, 1.82) is 0 Å². The summed E-state index contributed by atoms with van der Waals surface area (Å²) in [5, 5.41) is 27.1. The fraction of sp³-hybridized carbons (Fsp3) is 0.500. The van der Waals surface area contributed by atoms with E-state index in [1.54, 1.807) is 0 Å². The highest BCUT2D eigenvalue weighted by atomic mass is 35.5. The molecule has 3 aliphatic heterocycles. The summed E-state index contributed by atoms with van der Waals surface area (Å²) < 4.78 is 65.7. The molecule has 1 amide bonds. The highest BCUT2D eigenvalue weighted by molar-refractivity contribution is 6.30. The average Bonchev–Trinajstić information content (AvgIpc) is 3.26. The summed E-state index contributed by atoms with van der Waals surface area (Å²) in [5.41, 5.74) is 2.39. The number of aromatic nitrogens is 3. The number of aliphatic carboxylic acids is 2. The molecular weight excluding hydrogens is 660 g/mol. The van der Waals surface area contributed by atoms with Crippen molar-refractivity contribution in [2.75, 3.05) is 18.0 Å². The van der Waals surface area contributed by atoms with E-state index in [0.29, 0.717) is 12.2 Å². The van der Waals surface area contributed by atoms with E-state index >= 15 is 0 Å². The number of benzene rings is 1. The van der Waals surface area contributed by atoms with Crippen LogP contribution in [0.5, 0.6) is 0 Å². The summed E-state index contributed by atoms with van der Waals surface area (Å²) in [4.78, 5) is 33.3. The molecule has 3 N–H and O–H groups in total. The van der Waals surface area contributed by atoms with Gasteiger partial charge in [0, 0.05) is 24.2 Å². The Labute approximate surface area is 271 Å². The van der Waals surface area contributed by atoms with Gasteiger partial charge in [-0.05, 0) is 55.5 Å². The van der Waals surface area contributed by atoms with E-state index in [1.807, 2.05) is 30.3 Å². The highest BCUT2D eigenvalue weighted by Gasteiger charge is 2.39. The maximum atomic E-state index is 13.1. The monoisotopic (exact) mass is 693 g/mol. The molecule has 10 nitrogen and oxygen atoms in total. The number of halogens is 7. The van der Waals surface area contributed by atoms with E-state index in [9.17, 15) is 31.1 Å². The number of amides is 1. The minimum atomic E-state index is -5.08. The molecule has 0 radical (unpaired) electrons. The van der Waals surface area contributed by atoms with Crippen molar-refractivity contribution in [3.05, 3.63) is 52.7 Å². The molecule has 258 valence electrons. The number of carboxylic acids is 2. The number of carbonyl (C=O) groups is 3. The van der Waals surface area contributed by atoms with E-state index in [4.69, 9.17) is 31.4 Å². The second kappa shape index (κ2) is 16.7. The number of carbonyl (C=O) groups excluding carboxylic acids is 1. The molecule has 47 heavy (non-hydrogen) atoms. The Balaban J connectivity index is 0.000000360. The zero-order chi connectivity index (χ0) is 34.8. The van der Waals surface area contributed by atoms with Gasteiger partial charge in [0.15, 0.2) is 11.5 Å². The third-order valence-electron chi connectivity index (χ3n) is 7.50. The number of alkyl halides is 6. The molecule has 0 atom stereocenters. The molecule has 3 heterocycles. The van der Waals surface area contributed by atoms with Crippen molar-refractivity contribution in [2.45, 2.75) is 82.7 Å². The predicted octanol–water partition coefficient (Wildman–Crippen LogP) is 6.79. The fourth-order valence-electron chi connectivity index (χ4n) is 5.19. The van der Waals surface area contributed by atoms with Crippen molar-refractivity contribution in [3.63, 3.8) is 0 Å².